The first-order valence-electron chi connectivity index (χ1n) is 6.95. The Kier molecular flexibility index (Phi) is 5.22. The number of hydrogen-bond donors (Lipinski definition) is 1. The van der Waals surface area contributed by atoms with Crippen LogP contribution in [0.5, 0.6) is 0 Å². The second-order valence-electron chi connectivity index (χ2n) is 5.27. The average Bonchev–Trinajstić information content (AvgIpc) is 2.47. The maximum absolute atomic E-state index is 13.4. The lowest BCUT2D eigenvalue weighted by Crippen LogP contribution is -2.48. The summed E-state index contributed by atoms with van der Waals surface area (Å²) in [5, 5.41) is 11.0. The molecule has 2 N–H and O–H groups in total. The number of benzene rings is 1. The summed E-state index contributed by atoms with van der Waals surface area (Å²) < 4.78 is 18.7. The molecule has 1 aromatic rings. The standard InChI is InChI=1S/C14H20FN3O3/c1-21-13-4-5-17(12(7-13)8-16)9-10-6-11(15)2-3-14(10)18(19)20/h2-3,6,12-13H,4-5,7-9,16H2,1H3. The van der Waals surface area contributed by atoms with Gasteiger partial charge in [-0.2, -0.15) is 0 Å². The number of nitro benzene ring substituents is 1. The number of methoxy groups -OCH3 is 1. The SMILES string of the molecule is COC1CCN(Cc2cc(F)ccc2[N+](=O)[O-])C(CN)C1. The van der Waals surface area contributed by atoms with E-state index in [1.165, 1.54) is 12.1 Å². The van der Waals surface area contributed by atoms with Gasteiger partial charge in [-0.15, -0.1) is 0 Å². The second-order valence-corrected chi connectivity index (χ2v) is 5.27. The van der Waals surface area contributed by atoms with E-state index in [4.69, 9.17) is 10.5 Å². The zero-order valence-electron chi connectivity index (χ0n) is 12.0. The predicted molar refractivity (Wildman–Crippen MR) is 76.3 cm³/mol. The van der Waals surface area contributed by atoms with Crippen molar-refractivity contribution >= 4 is 5.69 Å². The van der Waals surface area contributed by atoms with E-state index < -0.39 is 10.7 Å². The highest BCUT2D eigenvalue weighted by Crippen LogP contribution is 2.26. The first kappa shape index (κ1) is 15.8. The van der Waals surface area contributed by atoms with Gasteiger partial charge in [0.2, 0.25) is 0 Å². The molecule has 6 nitrogen and oxygen atoms in total. The van der Waals surface area contributed by atoms with Crippen LogP contribution in [0.15, 0.2) is 18.2 Å². The van der Waals surface area contributed by atoms with Crippen LogP contribution in [0.4, 0.5) is 10.1 Å². The van der Waals surface area contributed by atoms with Crippen molar-refractivity contribution in [3.8, 4) is 0 Å². The lowest BCUT2D eigenvalue weighted by molar-refractivity contribution is -0.385. The van der Waals surface area contributed by atoms with E-state index in [9.17, 15) is 14.5 Å². The normalized spacial score (nSPS) is 23.2. The van der Waals surface area contributed by atoms with Crippen LogP contribution in [0, 0.1) is 15.9 Å². The molecule has 116 valence electrons. The van der Waals surface area contributed by atoms with Crippen LogP contribution >= 0.6 is 0 Å². The number of nitro groups is 1. The number of ether oxygens (including phenoxy) is 1. The Hall–Kier alpha value is -1.57. The molecule has 1 saturated heterocycles. The summed E-state index contributed by atoms with van der Waals surface area (Å²) in [4.78, 5) is 12.6. The molecule has 1 aromatic carbocycles. The van der Waals surface area contributed by atoms with Crippen molar-refractivity contribution in [1.29, 1.82) is 0 Å². The maximum atomic E-state index is 13.4. The Balaban J connectivity index is 2.17. The molecule has 0 spiro atoms. The number of rotatable bonds is 5. The van der Waals surface area contributed by atoms with Crippen LogP contribution in [0.2, 0.25) is 0 Å². The molecule has 0 radical (unpaired) electrons. The van der Waals surface area contributed by atoms with E-state index in [-0.39, 0.29) is 17.8 Å². The average molecular weight is 297 g/mol. The molecule has 0 aromatic heterocycles. The van der Waals surface area contributed by atoms with Crippen molar-refractivity contribution in [3.05, 3.63) is 39.7 Å². The summed E-state index contributed by atoms with van der Waals surface area (Å²) in [6.45, 7) is 1.50. The Morgan fingerprint density at radius 3 is 2.95 bits per heavy atom. The van der Waals surface area contributed by atoms with Crippen LogP contribution in [0.3, 0.4) is 0 Å². The Morgan fingerprint density at radius 2 is 2.33 bits per heavy atom. The first-order valence-corrected chi connectivity index (χ1v) is 6.95. The first-order chi connectivity index (χ1) is 10.0. The molecule has 0 aliphatic carbocycles. The van der Waals surface area contributed by atoms with Crippen molar-refractivity contribution in [2.75, 3.05) is 20.2 Å². The number of likely N-dealkylation sites (tertiary alicyclic amines) is 1. The summed E-state index contributed by atoms with van der Waals surface area (Å²) in [7, 11) is 1.67. The zero-order chi connectivity index (χ0) is 15.4. The number of piperidine rings is 1. The van der Waals surface area contributed by atoms with Gasteiger partial charge in [0.15, 0.2) is 0 Å². The molecule has 1 heterocycles. The third-order valence-corrected chi connectivity index (χ3v) is 4.01. The molecule has 2 rings (SSSR count). The van der Waals surface area contributed by atoms with Gasteiger partial charge in [-0.05, 0) is 25.0 Å². The molecule has 1 aliphatic rings. The fourth-order valence-corrected chi connectivity index (χ4v) is 2.81. The number of nitrogens with zero attached hydrogens (tertiary/aromatic N) is 2. The Bertz CT molecular complexity index is 512. The quantitative estimate of drug-likeness (QED) is 0.660. The van der Waals surface area contributed by atoms with Crippen LogP contribution < -0.4 is 5.73 Å². The summed E-state index contributed by atoms with van der Waals surface area (Å²) in [6.07, 6.45) is 1.80. The fraction of sp³-hybridized carbons (Fsp3) is 0.571. The van der Waals surface area contributed by atoms with Gasteiger partial charge in [0, 0.05) is 44.4 Å². The second kappa shape index (κ2) is 6.93. The molecule has 2 unspecified atom stereocenters. The van der Waals surface area contributed by atoms with Gasteiger partial charge in [-0.1, -0.05) is 0 Å². The molecule has 0 amide bonds. The summed E-state index contributed by atoms with van der Waals surface area (Å²) >= 11 is 0. The van der Waals surface area contributed by atoms with Gasteiger partial charge in [-0.3, -0.25) is 15.0 Å². The van der Waals surface area contributed by atoms with Crippen LogP contribution in [0.25, 0.3) is 0 Å². The molecule has 7 heteroatoms. The van der Waals surface area contributed by atoms with Crippen LogP contribution in [-0.2, 0) is 11.3 Å². The maximum Gasteiger partial charge on any atom is 0.274 e. The topological polar surface area (TPSA) is 81.6 Å². The molecular formula is C14H20FN3O3. The van der Waals surface area contributed by atoms with Crippen molar-refractivity contribution in [2.24, 2.45) is 5.73 Å². The molecule has 2 atom stereocenters. The Morgan fingerprint density at radius 1 is 1.57 bits per heavy atom. The number of halogens is 1. The lowest BCUT2D eigenvalue weighted by Gasteiger charge is -2.38. The van der Waals surface area contributed by atoms with E-state index in [0.29, 0.717) is 18.7 Å². The van der Waals surface area contributed by atoms with Gasteiger partial charge in [0.25, 0.3) is 5.69 Å². The lowest BCUT2D eigenvalue weighted by atomic mass is 9.98. The van der Waals surface area contributed by atoms with E-state index >= 15 is 0 Å². The summed E-state index contributed by atoms with van der Waals surface area (Å²) in [6, 6.07) is 3.64. The molecule has 0 saturated carbocycles. The molecular weight excluding hydrogens is 277 g/mol. The van der Waals surface area contributed by atoms with Gasteiger partial charge < -0.3 is 10.5 Å². The van der Waals surface area contributed by atoms with E-state index in [0.717, 1.165) is 25.5 Å². The zero-order valence-corrected chi connectivity index (χ0v) is 12.0. The van der Waals surface area contributed by atoms with Crippen molar-refractivity contribution in [2.45, 2.75) is 31.5 Å². The van der Waals surface area contributed by atoms with Crippen molar-refractivity contribution < 1.29 is 14.1 Å². The number of hydrogen-bond acceptors (Lipinski definition) is 5. The van der Waals surface area contributed by atoms with Crippen LogP contribution in [0.1, 0.15) is 18.4 Å². The van der Waals surface area contributed by atoms with Crippen LogP contribution in [-0.4, -0.2) is 42.2 Å². The van der Waals surface area contributed by atoms with Crippen molar-refractivity contribution in [1.82, 2.24) is 4.90 Å². The molecule has 1 aliphatic heterocycles. The minimum absolute atomic E-state index is 0.0546. The largest absolute Gasteiger partial charge is 0.381 e. The van der Waals surface area contributed by atoms with E-state index in [2.05, 4.69) is 4.90 Å². The third kappa shape index (κ3) is 3.75. The van der Waals surface area contributed by atoms with Crippen molar-refractivity contribution in [3.63, 3.8) is 0 Å². The smallest absolute Gasteiger partial charge is 0.274 e. The van der Waals surface area contributed by atoms with Gasteiger partial charge in [-0.25, -0.2) is 4.39 Å². The molecule has 21 heavy (non-hydrogen) atoms. The summed E-state index contributed by atoms with van der Waals surface area (Å²) in [5.74, 6) is -0.466. The monoisotopic (exact) mass is 297 g/mol. The molecule has 1 fully saturated rings. The Labute approximate surface area is 122 Å². The molecule has 0 bridgehead atoms. The highest BCUT2D eigenvalue weighted by Gasteiger charge is 2.29. The highest BCUT2D eigenvalue weighted by molar-refractivity contribution is 5.40. The number of nitrogens with two attached hydrogens (primary N) is 1. The summed E-state index contributed by atoms with van der Waals surface area (Å²) in [5.41, 5.74) is 6.12. The minimum atomic E-state index is -0.478. The third-order valence-electron chi connectivity index (χ3n) is 4.01. The van der Waals surface area contributed by atoms with Gasteiger partial charge >= 0.3 is 0 Å². The predicted octanol–water partition coefficient (Wildman–Crippen LogP) is 1.67. The van der Waals surface area contributed by atoms with Gasteiger partial charge in [0.05, 0.1) is 11.0 Å². The van der Waals surface area contributed by atoms with E-state index in [1.54, 1.807) is 7.11 Å². The minimum Gasteiger partial charge on any atom is -0.381 e. The van der Waals surface area contributed by atoms with E-state index in [1.807, 2.05) is 0 Å². The van der Waals surface area contributed by atoms with Gasteiger partial charge in [0.1, 0.15) is 5.82 Å². The highest BCUT2D eigenvalue weighted by atomic mass is 19.1. The fourth-order valence-electron chi connectivity index (χ4n) is 2.81.